The van der Waals surface area contributed by atoms with Crippen LogP contribution in [0.1, 0.15) is 60.0 Å². The van der Waals surface area contributed by atoms with E-state index in [0.717, 1.165) is 60.1 Å². The average Bonchev–Trinajstić information content (AvgIpc) is 3.33. The van der Waals surface area contributed by atoms with Crippen molar-refractivity contribution < 1.29 is 4.79 Å². The Morgan fingerprint density at radius 1 is 1.06 bits per heavy atom. The third kappa shape index (κ3) is 3.02. The Morgan fingerprint density at radius 2 is 1.94 bits per heavy atom. The Morgan fingerprint density at radius 3 is 2.74 bits per heavy atom. The molecule has 0 atom stereocenters. The first-order valence-corrected chi connectivity index (χ1v) is 11.5. The van der Waals surface area contributed by atoms with Crippen molar-refractivity contribution in [3.63, 3.8) is 0 Å². The molecule has 1 fully saturated rings. The van der Waals surface area contributed by atoms with Gasteiger partial charge in [0.1, 0.15) is 5.65 Å². The molecule has 1 spiro atoms. The van der Waals surface area contributed by atoms with E-state index in [2.05, 4.69) is 52.7 Å². The van der Waals surface area contributed by atoms with Crippen molar-refractivity contribution in [3.8, 4) is 11.1 Å². The molecule has 5 heteroatoms. The summed E-state index contributed by atoms with van der Waals surface area (Å²) >= 11 is 0. The van der Waals surface area contributed by atoms with E-state index < -0.39 is 0 Å². The van der Waals surface area contributed by atoms with Crippen molar-refractivity contribution in [2.24, 2.45) is 0 Å². The van der Waals surface area contributed by atoms with Crippen molar-refractivity contribution >= 4 is 22.5 Å². The number of likely N-dealkylation sites (N-methyl/N-ethyl adjacent to an activating group) is 1. The number of H-pyrrole nitrogens is 1. The fourth-order valence-electron chi connectivity index (χ4n) is 5.66. The molecule has 158 valence electrons. The van der Waals surface area contributed by atoms with Gasteiger partial charge in [-0.2, -0.15) is 0 Å². The Bertz CT molecular complexity index is 1220. The molecule has 31 heavy (non-hydrogen) atoms. The van der Waals surface area contributed by atoms with Crippen molar-refractivity contribution in [2.45, 2.75) is 44.1 Å². The van der Waals surface area contributed by atoms with Gasteiger partial charge in [-0.25, -0.2) is 4.98 Å². The third-order valence-electron chi connectivity index (χ3n) is 7.46. The Balaban J connectivity index is 1.44. The van der Waals surface area contributed by atoms with Crippen LogP contribution in [0.2, 0.25) is 0 Å². The van der Waals surface area contributed by atoms with Crippen molar-refractivity contribution in [1.82, 2.24) is 20.2 Å². The van der Waals surface area contributed by atoms with Gasteiger partial charge in [0.15, 0.2) is 0 Å². The predicted octanol–water partition coefficient (Wildman–Crippen LogP) is 4.85. The molecule has 0 saturated heterocycles. The second kappa shape index (κ2) is 7.06. The molecule has 1 aliphatic carbocycles. The zero-order valence-electron chi connectivity index (χ0n) is 18.0. The number of pyridine rings is 1. The highest BCUT2D eigenvalue weighted by Crippen LogP contribution is 2.44. The number of nitrogens with one attached hydrogen (secondary N) is 2. The summed E-state index contributed by atoms with van der Waals surface area (Å²) in [4.78, 5) is 23.0. The van der Waals surface area contributed by atoms with Gasteiger partial charge in [-0.15, -0.1) is 0 Å². The van der Waals surface area contributed by atoms with Gasteiger partial charge in [-0.3, -0.25) is 4.79 Å². The summed E-state index contributed by atoms with van der Waals surface area (Å²) in [6, 6.07) is 8.63. The summed E-state index contributed by atoms with van der Waals surface area (Å²) in [6.07, 6.45) is 13.1. The van der Waals surface area contributed by atoms with Crippen LogP contribution in [0.5, 0.6) is 0 Å². The van der Waals surface area contributed by atoms with E-state index in [0.29, 0.717) is 0 Å². The standard InChI is InChI=1S/C26H28N4O/c1-30-11-7-17(8-12-30)19-13-21-22(16-28-24(21)27-15-19)18-5-6-20-23(14-18)26(29-25(20)31)9-3-2-4-10-26/h5-7,13-16H,2-4,8-12H2,1H3,(H,27,28)(H,29,31). The Kier molecular flexibility index (Phi) is 4.29. The lowest BCUT2D eigenvalue weighted by Gasteiger charge is -2.34. The number of fused-ring (bicyclic) bond motifs is 3. The van der Waals surface area contributed by atoms with Crippen LogP contribution >= 0.6 is 0 Å². The van der Waals surface area contributed by atoms with E-state index in [1.165, 1.54) is 36.0 Å². The smallest absolute Gasteiger partial charge is 0.252 e. The average molecular weight is 413 g/mol. The summed E-state index contributed by atoms with van der Waals surface area (Å²) in [5.74, 6) is 0.0838. The minimum Gasteiger partial charge on any atom is -0.346 e. The first kappa shape index (κ1) is 18.8. The molecule has 2 N–H and O–H groups in total. The molecule has 2 aliphatic heterocycles. The molecule has 1 saturated carbocycles. The maximum absolute atomic E-state index is 12.7. The highest BCUT2D eigenvalue weighted by Gasteiger charge is 2.43. The molecule has 0 unspecified atom stereocenters. The molecule has 0 bridgehead atoms. The molecule has 3 aliphatic rings. The van der Waals surface area contributed by atoms with Crippen LogP contribution in [0.3, 0.4) is 0 Å². The van der Waals surface area contributed by atoms with E-state index in [9.17, 15) is 4.79 Å². The summed E-state index contributed by atoms with van der Waals surface area (Å²) < 4.78 is 0. The number of benzene rings is 1. The number of carbonyl (C=O) groups is 1. The second-order valence-electron chi connectivity index (χ2n) is 9.42. The van der Waals surface area contributed by atoms with Gasteiger partial charge in [0.25, 0.3) is 5.91 Å². The lowest BCUT2D eigenvalue weighted by atomic mass is 9.77. The maximum Gasteiger partial charge on any atom is 0.252 e. The third-order valence-corrected chi connectivity index (χ3v) is 7.46. The number of hydrogen-bond donors (Lipinski definition) is 2. The predicted molar refractivity (Wildman–Crippen MR) is 124 cm³/mol. The van der Waals surface area contributed by atoms with Crippen LogP contribution in [0, 0.1) is 0 Å². The number of carbonyl (C=O) groups excluding carboxylic acids is 1. The molecule has 0 radical (unpaired) electrons. The van der Waals surface area contributed by atoms with Gasteiger partial charge in [0.2, 0.25) is 0 Å². The summed E-state index contributed by atoms with van der Waals surface area (Å²) in [6.45, 7) is 2.07. The molecular formula is C26H28N4O. The number of aromatic amines is 1. The molecule has 1 aromatic carbocycles. The van der Waals surface area contributed by atoms with E-state index in [1.54, 1.807) is 0 Å². The number of nitrogens with zero attached hydrogens (tertiary/aromatic N) is 2. The summed E-state index contributed by atoms with van der Waals surface area (Å²) in [5, 5.41) is 4.48. The van der Waals surface area contributed by atoms with Gasteiger partial charge in [0, 0.05) is 42.0 Å². The lowest BCUT2D eigenvalue weighted by molar-refractivity contribution is 0.0909. The quantitative estimate of drug-likeness (QED) is 0.632. The van der Waals surface area contributed by atoms with Crippen LogP contribution in [-0.2, 0) is 5.54 Å². The number of aromatic nitrogens is 2. The molecule has 2 aromatic heterocycles. The van der Waals surface area contributed by atoms with Crippen molar-refractivity contribution in [2.75, 3.05) is 20.1 Å². The van der Waals surface area contributed by atoms with Crippen LogP contribution < -0.4 is 5.32 Å². The second-order valence-corrected chi connectivity index (χ2v) is 9.42. The molecule has 5 nitrogen and oxygen atoms in total. The number of rotatable bonds is 2. The van der Waals surface area contributed by atoms with E-state index in [1.807, 2.05) is 12.3 Å². The zero-order valence-corrected chi connectivity index (χ0v) is 18.0. The fraction of sp³-hybridized carbons (Fsp3) is 0.385. The van der Waals surface area contributed by atoms with E-state index >= 15 is 0 Å². The fourth-order valence-corrected chi connectivity index (χ4v) is 5.66. The van der Waals surface area contributed by atoms with Crippen LogP contribution in [-0.4, -0.2) is 40.9 Å². The van der Waals surface area contributed by atoms with Crippen LogP contribution in [0.15, 0.2) is 42.7 Å². The van der Waals surface area contributed by atoms with Crippen molar-refractivity contribution in [3.05, 3.63) is 59.4 Å². The van der Waals surface area contributed by atoms with Crippen molar-refractivity contribution in [1.29, 1.82) is 0 Å². The normalized spacial score (nSPS) is 20.7. The topological polar surface area (TPSA) is 61.0 Å². The molecule has 4 heterocycles. The SMILES string of the molecule is CN1CC=C(c2cnc3[nH]cc(-c4ccc5c(c4)C4(CCCCC4)NC5=O)c3c2)CC1. The largest absolute Gasteiger partial charge is 0.346 e. The van der Waals surface area contributed by atoms with Gasteiger partial charge in [-0.05, 0) is 66.8 Å². The molecule has 1 amide bonds. The Hall–Kier alpha value is -2.92. The summed E-state index contributed by atoms with van der Waals surface area (Å²) in [7, 11) is 2.16. The number of amides is 1. The first-order chi connectivity index (χ1) is 15.1. The van der Waals surface area contributed by atoms with Gasteiger partial charge < -0.3 is 15.2 Å². The molecule has 3 aromatic rings. The monoisotopic (exact) mass is 412 g/mol. The molecular weight excluding hydrogens is 384 g/mol. The van der Waals surface area contributed by atoms with Crippen LogP contribution in [0.25, 0.3) is 27.7 Å². The van der Waals surface area contributed by atoms with Gasteiger partial charge in [-0.1, -0.05) is 31.4 Å². The minimum atomic E-state index is -0.171. The van der Waals surface area contributed by atoms with Crippen LogP contribution in [0.4, 0.5) is 0 Å². The van der Waals surface area contributed by atoms with Gasteiger partial charge in [0.05, 0.1) is 5.54 Å². The lowest BCUT2D eigenvalue weighted by Crippen LogP contribution is -2.40. The minimum absolute atomic E-state index is 0.0838. The zero-order chi connectivity index (χ0) is 21.0. The Labute approximate surface area is 182 Å². The highest BCUT2D eigenvalue weighted by atomic mass is 16.2. The van der Waals surface area contributed by atoms with E-state index in [4.69, 9.17) is 4.98 Å². The van der Waals surface area contributed by atoms with E-state index in [-0.39, 0.29) is 11.4 Å². The highest BCUT2D eigenvalue weighted by molar-refractivity contribution is 6.02. The molecule has 6 rings (SSSR count). The van der Waals surface area contributed by atoms with Gasteiger partial charge >= 0.3 is 0 Å². The number of hydrogen-bond acceptors (Lipinski definition) is 3. The summed E-state index contributed by atoms with van der Waals surface area (Å²) in [5.41, 5.74) is 7.68. The maximum atomic E-state index is 12.7. The first-order valence-electron chi connectivity index (χ1n) is 11.5.